The van der Waals surface area contributed by atoms with Gasteiger partial charge in [0.05, 0.1) is 0 Å². The van der Waals surface area contributed by atoms with E-state index in [-0.39, 0.29) is 0 Å². The second kappa shape index (κ2) is 10.7. The second-order valence-corrected chi connectivity index (χ2v) is 1.95. The predicted octanol–water partition coefficient (Wildman–Crippen LogP) is 2.12. The molecule has 0 aliphatic heterocycles. The van der Waals surface area contributed by atoms with E-state index in [2.05, 4.69) is 0 Å². The number of carboxylic acid groups (broad SMARTS) is 1. The van der Waals surface area contributed by atoms with Gasteiger partial charge in [-0.1, -0.05) is 13.8 Å². The third kappa shape index (κ3) is 33.8. The van der Waals surface area contributed by atoms with Gasteiger partial charge in [0.2, 0.25) is 0 Å². The first-order valence-corrected chi connectivity index (χ1v) is 3.50. The molecule has 0 bridgehead atoms. The minimum Gasteiger partial charge on any atom is -0.481 e. The lowest BCUT2D eigenvalue weighted by Gasteiger charge is -1.79. The van der Waals surface area contributed by atoms with Crippen molar-refractivity contribution in [2.24, 2.45) is 0 Å². The summed E-state index contributed by atoms with van der Waals surface area (Å²) in [5.74, 6) is 0.0116. The number of carbonyl (C=O) groups is 1. The van der Waals surface area contributed by atoms with Crippen LogP contribution in [0.5, 0.6) is 0 Å². The monoisotopic (exact) mass is 152 g/mol. The Morgan fingerprint density at radius 3 is 1.89 bits per heavy atom. The van der Waals surface area contributed by atoms with E-state index in [1.54, 1.807) is 0 Å². The molecular formula is C6H13ClO2. The highest BCUT2D eigenvalue weighted by Gasteiger charge is 1.87. The normalized spacial score (nSPS) is 7.44. The first-order chi connectivity index (χ1) is 4.18. The Hall–Kier alpha value is -0.240. The van der Waals surface area contributed by atoms with Gasteiger partial charge >= 0.3 is 5.97 Å². The highest BCUT2D eigenvalue weighted by Crippen LogP contribution is 1.82. The van der Waals surface area contributed by atoms with Gasteiger partial charge in [-0.15, -0.1) is 11.6 Å². The van der Waals surface area contributed by atoms with Crippen molar-refractivity contribution in [3.63, 3.8) is 0 Å². The van der Waals surface area contributed by atoms with Crippen molar-refractivity contribution in [3.8, 4) is 0 Å². The second-order valence-electron chi connectivity index (χ2n) is 1.41. The molecule has 0 atom stereocenters. The summed E-state index contributed by atoms with van der Waals surface area (Å²) in [6, 6.07) is 0. The molecule has 0 aliphatic rings. The standard InChI is InChI=1S/C4H8O2.C2H5Cl/c1-2-3-4(5)6;1-2-3/h2-3H2,1H3,(H,5,6);2H2,1H3. The quantitative estimate of drug-likeness (QED) is 0.616. The topological polar surface area (TPSA) is 37.3 Å². The highest BCUT2D eigenvalue weighted by atomic mass is 35.5. The fourth-order valence-corrected chi connectivity index (χ4v) is 0.214. The van der Waals surface area contributed by atoms with E-state index in [9.17, 15) is 4.79 Å². The molecule has 0 aromatic carbocycles. The van der Waals surface area contributed by atoms with Gasteiger partial charge in [0, 0.05) is 12.3 Å². The van der Waals surface area contributed by atoms with Gasteiger partial charge in [-0.25, -0.2) is 0 Å². The molecule has 0 amide bonds. The lowest BCUT2D eigenvalue weighted by atomic mass is 10.4. The zero-order valence-electron chi connectivity index (χ0n) is 5.85. The van der Waals surface area contributed by atoms with Crippen LogP contribution in [0.15, 0.2) is 0 Å². The molecule has 0 heterocycles. The van der Waals surface area contributed by atoms with E-state index in [0.717, 1.165) is 12.3 Å². The summed E-state index contributed by atoms with van der Waals surface area (Å²) in [5.41, 5.74) is 0. The first kappa shape index (κ1) is 11.5. The maximum absolute atomic E-state index is 9.60. The van der Waals surface area contributed by atoms with E-state index in [0.29, 0.717) is 6.42 Å². The molecule has 0 saturated carbocycles. The molecule has 0 unspecified atom stereocenters. The minimum absolute atomic E-state index is 0.292. The third-order valence-electron chi connectivity index (χ3n) is 0.464. The Kier molecular flexibility index (Phi) is 13.7. The van der Waals surface area contributed by atoms with Crippen molar-refractivity contribution >= 4 is 17.6 Å². The van der Waals surface area contributed by atoms with Crippen LogP contribution in [0, 0.1) is 0 Å². The summed E-state index contributed by atoms with van der Waals surface area (Å²) in [4.78, 5) is 9.60. The Morgan fingerprint density at radius 2 is 1.89 bits per heavy atom. The average molecular weight is 153 g/mol. The average Bonchev–Trinajstić information content (AvgIpc) is 1.67. The molecule has 0 aromatic rings. The summed E-state index contributed by atoms with van der Waals surface area (Å²) in [5, 5.41) is 7.91. The number of hydrogen-bond acceptors (Lipinski definition) is 1. The minimum atomic E-state index is -0.711. The van der Waals surface area contributed by atoms with Crippen LogP contribution in [0.4, 0.5) is 0 Å². The molecule has 1 N–H and O–H groups in total. The number of alkyl halides is 1. The molecule has 0 aliphatic carbocycles. The largest absolute Gasteiger partial charge is 0.481 e. The number of hydrogen-bond donors (Lipinski definition) is 1. The fourth-order valence-electron chi connectivity index (χ4n) is 0.214. The van der Waals surface area contributed by atoms with Gasteiger partial charge in [0.25, 0.3) is 0 Å². The van der Waals surface area contributed by atoms with Crippen LogP contribution in [0.2, 0.25) is 0 Å². The number of rotatable bonds is 2. The van der Waals surface area contributed by atoms with Crippen molar-refractivity contribution < 1.29 is 9.90 Å². The molecule has 0 saturated heterocycles. The molecule has 2 nitrogen and oxygen atoms in total. The Bertz CT molecular complexity index is 64.1. The van der Waals surface area contributed by atoms with Crippen LogP contribution in [-0.4, -0.2) is 17.0 Å². The fraction of sp³-hybridized carbons (Fsp3) is 0.833. The van der Waals surface area contributed by atoms with E-state index in [1.165, 1.54) is 0 Å². The van der Waals surface area contributed by atoms with Gasteiger partial charge in [0.1, 0.15) is 0 Å². The summed E-state index contributed by atoms with van der Waals surface area (Å²) in [6.45, 7) is 3.73. The van der Waals surface area contributed by atoms with Crippen molar-refractivity contribution in [2.45, 2.75) is 26.7 Å². The molecule has 0 spiro atoms. The molecule has 0 fully saturated rings. The van der Waals surface area contributed by atoms with Gasteiger partial charge < -0.3 is 5.11 Å². The van der Waals surface area contributed by atoms with E-state index in [4.69, 9.17) is 16.7 Å². The van der Waals surface area contributed by atoms with Gasteiger partial charge in [-0.3, -0.25) is 4.79 Å². The van der Waals surface area contributed by atoms with E-state index >= 15 is 0 Å². The lowest BCUT2D eigenvalue weighted by molar-refractivity contribution is -0.137. The SMILES string of the molecule is CCCC(=O)O.CCCl. The predicted molar refractivity (Wildman–Crippen MR) is 38.9 cm³/mol. The third-order valence-corrected chi connectivity index (χ3v) is 0.464. The molecule has 3 heteroatoms. The van der Waals surface area contributed by atoms with Crippen LogP contribution in [-0.2, 0) is 4.79 Å². The maximum atomic E-state index is 9.60. The zero-order chi connectivity index (χ0) is 7.70. The lowest BCUT2D eigenvalue weighted by Crippen LogP contribution is -1.90. The van der Waals surface area contributed by atoms with Crippen LogP contribution in [0.3, 0.4) is 0 Å². The van der Waals surface area contributed by atoms with Crippen molar-refractivity contribution in [2.75, 3.05) is 5.88 Å². The molecule has 0 aromatic heterocycles. The Labute approximate surface area is 60.8 Å². The van der Waals surface area contributed by atoms with E-state index in [1.807, 2.05) is 13.8 Å². The number of carboxylic acids is 1. The molecule has 0 radical (unpaired) electrons. The number of aliphatic carboxylic acids is 1. The summed E-state index contributed by atoms with van der Waals surface area (Å²) >= 11 is 5.00. The highest BCUT2D eigenvalue weighted by molar-refractivity contribution is 6.17. The number of halogens is 1. The van der Waals surface area contributed by atoms with Crippen molar-refractivity contribution in [1.82, 2.24) is 0 Å². The molecule has 56 valence electrons. The zero-order valence-corrected chi connectivity index (χ0v) is 6.61. The molecular weight excluding hydrogens is 140 g/mol. The Balaban J connectivity index is 0. The van der Waals surface area contributed by atoms with Crippen LogP contribution in [0.1, 0.15) is 26.7 Å². The van der Waals surface area contributed by atoms with Crippen LogP contribution < -0.4 is 0 Å². The summed E-state index contributed by atoms with van der Waals surface area (Å²) < 4.78 is 0. The van der Waals surface area contributed by atoms with E-state index < -0.39 is 5.97 Å². The molecule has 0 rings (SSSR count). The van der Waals surface area contributed by atoms with Crippen LogP contribution >= 0.6 is 11.6 Å². The van der Waals surface area contributed by atoms with Gasteiger partial charge in [-0.05, 0) is 6.42 Å². The Morgan fingerprint density at radius 1 is 1.56 bits per heavy atom. The van der Waals surface area contributed by atoms with Gasteiger partial charge in [0.15, 0.2) is 0 Å². The van der Waals surface area contributed by atoms with Crippen molar-refractivity contribution in [1.29, 1.82) is 0 Å². The van der Waals surface area contributed by atoms with Gasteiger partial charge in [-0.2, -0.15) is 0 Å². The van der Waals surface area contributed by atoms with Crippen molar-refractivity contribution in [3.05, 3.63) is 0 Å². The molecule has 9 heavy (non-hydrogen) atoms. The first-order valence-electron chi connectivity index (χ1n) is 2.96. The van der Waals surface area contributed by atoms with Crippen LogP contribution in [0.25, 0.3) is 0 Å². The maximum Gasteiger partial charge on any atom is 0.303 e. The summed E-state index contributed by atoms with van der Waals surface area (Å²) in [6.07, 6.45) is 1.02. The summed E-state index contributed by atoms with van der Waals surface area (Å²) in [7, 11) is 0. The smallest absolute Gasteiger partial charge is 0.303 e.